The largest absolute Gasteiger partial charge is 0.355 e. The van der Waals surface area contributed by atoms with E-state index in [1.807, 2.05) is 13.8 Å². The Bertz CT molecular complexity index is 353. The average Bonchev–Trinajstić information content (AvgIpc) is 2.32. The van der Waals surface area contributed by atoms with Gasteiger partial charge in [0.1, 0.15) is 5.82 Å². The fraction of sp³-hybridized carbons (Fsp3) is 0.500. The average molecular weight is 239 g/mol. The molecule has 1 atom stereocenters. The van der Waals surface area contributed by atoms with Gasteiger partial charge in [-0.05, 0) is 25.5 Å². The molecule has 1 heterocycles. The minimum atomic E-state index is -0.354. The number of likely N-dealkylation sites (N-methyl/N-ethyl adjacent to an activating group) is 1. The van der Waals surface area contributed by atoms with Crippen molar-refractivity contribution >= 4 is 5.91 Å². The van der Waals surface area contributed by atoms with Gasteiger partial charge < -0.3 is 10.6 Å². The number of rotatable bonds is 6. The van der Waals surface area contributed by atoms with Crippen LogP contribution in [0, 0.1) is 5.82 Å². The first-order valence-corrected chi connectivity index (χ1v) is 5.78. The quantitative estimate of drug-likeness (QED) is 0.789. The monoisotopic (exact) mass is 239 g/mol. The van der Waals surface area contributed by atoms with Gasteiger partial charge in [0, 0.05) is 12.6 Å². The molecule has 0 aliphatic carbocycles. The van der Waals surface area contributed by atoms with Gasteiger partial charge in [-0.25, -0.2) is 4.39 Å². The van der Waals surface area contributed by atoms with Gasteiger partial charge >= 0.3 is 0 Å². The van der Waals surface area contributed by atoms with Gasteiger partial charge in [0.2, 0.25) is 5.91 Å². The van der Waals surface area contributed by atoms with Gasteiger partial charge in [-0.15, -0.1) is 0 Å². The van der Waals surface area contributed by atoms with E-state index in [4.69, 9.17) is 0 Å². The lowest BCUT2D eigenvalue weighted by Gasteiger charge is -2.15. The standard InChI is InChI=1S/C12H18FN3O/c1-3-10(16-8-12(17)14-4-2)11-6-5-9(13)7-15-11/h5-7,10,16H,3-4,8H2,1-2H3,(H,14,17). The Morgan fingerprint density at radius 3 is 2.76 bits per heavy atom. The fourth-order valence-electron chi connectivity index (χ4n) is 1.53. The van der Waals surface area contributed by atoms with Gasteiger partial charge in [0.25, 0.3) is 0 Å². The van der Waals surface area contributed by atoms with Crippen molar-refractivity contribution in [2.45, 2.75) is 26.3 Å². The first-order chi connectivity index (χ1) is 8.17. The number of aromatic nitrogens is 1. The van der Waals surface area contributed by atoms with Crippen molar-refractivity contribution in [3.05, 3.63) is 29.8 Å². The van der Waals surface area contributed by atoms with Gasteiger partial charge in [-0.1, -0.05) is 6.92 Å². The van der Waals surface area contributed by atoms with Crippen molar-refractivity contribution < 1.29 is 9.18 Å². The zero-order chi connectivity index (χ0) is 12.7. The Kier molecular flexibility index (Phi) is 5.56. The highest BCUT2D eigenvalue weighted by atomic mass is 19.1. The Morgan fingerprint density at radius 2 is 2.24 bits per heavy atom. The van der Waals surface area contributed by atoms with E-state index in [9.17, 15) is 9.18 Å². The van der Waals surface area contributed by atoms with Crippen LogP contribution in [0.3, 0.4) is 0 Å². The zero-order valence-electron chi connectivity index (χ0n) is 10.2. The summed E-state index contributed by atoms with van der Waals surface area (Å²) >= 11 is 0. The highest BCUT2D eigenvalue weighted by molar-refractivity contribution is 5.77. The third kappa shape index (κ3) is 4.48. The number of halogens is 1. The van der Waals surface area contributed by atoms with Gasteiger partial charge in [0.15, 0.2) is 0 Å². The molecule has 5 heteroatoms. The van der Waals surface area contributed by atoms with Crippen molar-refractivity contribution in [3.63, 3.8) is 0 Å². The molecule has 17 heavy (non-hydrogen) atoms. The first-order valence-electron chi connectivity index (χ1n) is 5.78. The van der Waals surface area contributed by atoms with Crippen LogP contribution in [0.5, 0.6) is 0 Å². The van der Waals surface area contributed by atoms with Crippen LogP contribution in [-0.4, -0.2) is 24.0 Å². The predicted octanol–water partition coefficient (Wildman–Crippen LogP) is 1.40. The van der Waals surface area contributed by atoms with Crippen molar-refractivity contribution in [3.8, 4) is 0 Å². The van der Waals surface area contributed by atoms with E-state index in [0.717, 1.165) is 12.1 Å². The summed E-state index contributed by atoms with van der Waals surface area (Å²) in [6.07, 6.45) is 1.98. The van der Waals surface area contributed by atoms with E-state index < -0.39 is 0 Å². The van der Waals surface area contributed by atoms with Crippen molar-refractivity contribution in [1.29, 1.82) is 0 Å². The summed E-state index contributed by atoms with van der Waals surface area (Å²) in [5.41, 5.74) is 0.748. The van der Waals surface area contributed by atoms with E-state index in [0.29, 0.717) is 6.54 Å². The number of nitrogens with zero attached hydrogens (tertiary/aromatic N) is 1. The van der Waals surface area contributed by atoms with Crippen molar-refractivity contribution in [1.82, 2.24) is 15.6 Å². The molecule has 0 radical (unpaired) electrons. The molecule has 1 aromatic rings. The summed E-state index contributed by atoms with van der Waals surface area (Å²) in [7, 11) is 0. The number of nitrogens with one attached hydrogen (secondary N) is 2. The molecule has 1 amide bonds. The summed E-state index contributed by atoms with van der Waals surface area (Å²) < 4.78 is 12.7. The van der Waals surface area contributed by atoms with Crippen LogP contribution in [0.2, 0.25) is 0 Å². The highest BCUT2D eigenvalue weighted by Crippen LogP contribution is 2.13. The molecular formula is C12H18FN3O. The summed E-state index contributed by atoms with van der Waals surface area (Å²) in [4.78, 5) is 15.3. The second-order valence-electron chi connectivity index (χ2n) is 3.70. The zero-order valence-corrected chi connectivity index (χ0v) is 10.2. The third-order valence-electron chi connectivity index (χ3n) is 2.40. The molecule has 4 nitrogen and oxygen atoms in total. The van der Waals surface area contributed by atoms with Gasteiger partial charge in [-0.3, -0.25) is 9.78 Å². The molecule has 0 aromatic carbocycles. The van der Waals surface area contributed by atoms with Crippen LogP contribution in [0.1, 0.15) is 32.0 Å². The molecular weight excluding hydrogens is 221 g/mol. The van der Waals surface area contributed by atoms with Crippen LogP contribution in [0.25, 0.3) is 0 Å². The van der Waals surface area contributed by atoms with E-state index in [2.05, 4.69) is 15.6 Å². The molecule has 0 aliphatic rings. The second kappa shape index (κ2) is 6.96. The Balaban J connectivity index is 2.54. The molecule has 1 unspecified atom stereocenters. The highest BCUT2D eigenvalue weighted by Gasteiger charge is 2.11. The summed E-state index contributed by atoms with van der Waals surface area (Å²) in [6.45, 7) is 4.72. The lowest BCUT2D eigenvalue weighted by molar-refractivity contribution is -0.120. The van der Waals surface area contributed by atoms with Gasteiger partial charge in [0.05, 0.1) is 18.4 Å². The molecule has 0 saturated carbocycles. The van der Waals surface area contributed by atoms with Crippen LogP contribution in [0.15, 0.2) is 18.3 Å². The summed E-state index contributed by atoms with van der Waals surface area (Å²) in [6, 6.07) is 2.98. The van der Waals surface area contributed by atoms with E-state index in [1.54, 1.807) is 6.07 Å². The maximum Gasteiger partial charge on any atom is 0.233 e. The lowest BCUT2D eigenvalue weighted by atomic mass is 10.1. The predicted molar refractivity (Wildman–Crippen MR) is 63.9 cm³/mol. The first kappa shape index (κ1) is 13.6. The molecule has 1 rings (SSSR count). The van der Waals surface area contributed by atoms with Crippen LogP contribution >= 0.6 is 0 Å². The van der Waals surface area contributed by atoms with Crippen LogP contribution < -0.4 is 10.6 Å². The molecule has 1 aromatic heterocycles. The molecule has 0 saturated heterocycles. The number of carbonyl (C=O) groups is 1. The van der Waals surface area contributed by atoms with E-state index in [-0.39, 0.29) is 24.3 Å². The number of hydrogen-bond acceptors (Lipinski definition) is 3. The fourth-order valence-corrected chi connectivity index (χ4v) is 1.53. The number of carbonyl (C=O) groups excluding carboxylic acids is 1. The minimum absolute atomic E-state index is 0.0294. The SMILES string of the molecule is CCNC(=O)CNC(CC)c1ccc(F)cn1. The number of amides is 1. The summed E-state index contributed by atoms with van der Waals surface area (Å²) in [5, 5.41) is 5.80. The molecule has 0 bridgehead atoms. The van der Waals surface area contributed by atoms with Crippen LogP contribution in [-0.2, 0) is 4.79 Å². The molecule has 0 fully saturated rings. The Labute approximate surface area is 101 Å². The van der Waals surface area contributed by atoms with E-state index >= 15 is 0 Å². The van der Waals surface area contributed by atoms with Crippen LogP contribution in [0.4, 0.5) is 4.39 Å². The van der Waals surface area contributed by atoms with Gasteiger partial charge in [-0.2, -0.15) is 0 Å². The summed E-state index contributed by atoms with van der Waals surface area (Å²) in [5.74, 6) is -0.402. The van der Waals surface area contributed by atoms with E-state index in [1.165, 1.54) is 12.3 Å². The lowest BCUT2D eigenvalue weighted by Crippen LogP contribution is -2.35. The molecule has 0 aliphatic heterocycles. The molecule has 94 valence electrons. The second-order valence-corrected chi connectivity index (χ2v) is 3.70. The van der Waals surface area contributed by atoms with Crippen molar-refractivity contribution in [2.75, 3.05) is 13.1 Å². The molecule has 0 spiro atoms. The normalized spacial score (nSPS) is 12.2. The maximum absolute atomic E-state index is 12.7. The number of hydrogen-bond donors (Lipinski definition) is 2. The third-order valence-corrected chi connectivity index (χ3v) is 2.40. The topological polar surface area (TPSA) is 54.0 Å². The number of pyridine rings is 1. The molecule has 2 N–H and O–H groups in total. The minimum Gasteiger partial charge on any atom is -0.355 e. The van der Waals surface area contributed by atoms with Crippen molar-refractivity contribution in [2.24, 2.45) is 0 Å². The maximum atomic E-state index is 12.7. The smallest absolute Gasteiger partial charge is 0.233 e. The Morgan fingerprint density at radius 1 is 1.47 bits per heavy atom. The Hall–Kier alpha value is -1.49.